The molecule has 1 heterocycles. The number of nitrogens with zero attached hydrogens (tertiary/aromatic N) is 3. The predicted octanol–water partition coefficient (Wildman–Crippen LogP) is 0.886. The maximum Gasteiger partial charge on any atom is 0.244 e. The van der Waals surface area contributed by atoms with Gasteiger partial charge >= 0.3 is 0 Å². The van der Waals surface area contributed by atoms with Crippen LogP contribution < -0.4 is 0 Å². The molecule has 0 atom stereocenters. The Bertz CT molecular complexity index is 636. The maximum absolute atomic E-state index is 12.0. The third kappa shape index (κ3) is 4.48. The van der Waals surface area contributed by atoms with Gasteiger partial charge in [-0.15, -0.1) is 0 Å². The van der Waals surface area contributed by atoms with Gasteiger partial charge in [-0.05, 0) is 23.8 Å². The van der Waals surface area contributed by atoms with Gasteiger partial charge in [-0.25, -0.2) is 0 Å². The largest absolute Gasteiger partial charge is 0.384 e. The highest BCUT2D eigenvalue weighted by atomic mass is 16.2. The van der Waals surface area contributed by atoms with Crippen molar-refractivity contribution in [2.24, 2.45) is 0 Å². The summed E-state index contributed by atoms with van der Waals surface area (Å²) in [6.45, 7) is 0.629. The summed E-state index contributed by atoms with van der Waals surface area (Å²) in [5.41, 5.74) is 1.87. The van der Waals surface area contributed by atoms with E-state index in [0.717, 1.165) is 11.1 Å². The standard InChI is InChI=1S/C16H17N3O2/c1-18(16(21)13-19-10-3-9-17-19)12-15-7-5-14(6-8-15)4-2-11-20/h3,5-10,20H,11-13H2,1H3. The van der Waals surface area contributed by atoms with E-state index in [2.05, 4.69) is 16.9 Å². The van der Waals surface area contributed by atoms with E-state index >= 15 is 0 Å². The Morgan fingerprint density at radius 3 is 2.76 bits per heavy atom. The quantitative estimate of drug-likeness (QED) is 0.848. The third-order valence-electron chi connectivity index (χ3n) is 2.97. The molecule has 0 aliphatic carbocycles. The summed E-state index contributed by atoms with van der Waals surface area (Å²) in [5, 5.41) is 12.7. The van der Waals surface area contributed by atoms with Crippen LogP contribution in [0.4, 0.5) is 0 Å². The van der Waals surface area contributed by atoms with Crippen LogP contribution >= 0.6 is 0 Å². The lowest BCUT2D eigenvalue weighted by Crippen LogP contribution is -2.29. The minimum Gasteiger partial charge on any atom is -0.384 e. The fourth-order valence-corrected chi connectivity index (χ4v) is 1.85. The minimum atomic E-state index is -0.146. The van der Waals surface area contributed by atoms with Crippen LogP contribution in [0.25, 0.3) is 0 Å². The van der Waals surface area contributed by atoms with E-state index in [1.807, 2.05) is 24.3 Å². The molecule has 0 aliphatic heterocycles. The molecule has 0 saturated heterocycles. The summed E-state index contributed by atoms with van der Waals surface area (Å²) in [6.07, 6.45) is 3.42. The van der Waals surface area contributed by atoms with Crippen molar-refractivity contribution in [3.05, 3.63) is 53.9 Å². The molecule has 2 rings (SSSR count). The van der Waals surface area contributed by atoms with Gasteiger partial charge in [0.1, 0.15) is 13.2 Å². The van der Waals surface area contributed by atoms with Crippen LogP contribution in [0.15, 0.2) is 42.7 Å². The molecule has 1 N–H and O–H groups in total. The zero-order chi connectivity index (χ0) is 15.1. The van der Waals surface area contributed by atoms with E-state index in [0.29, 0.717) is 6.54 Å². The summed E-state index contributed by atoms with van der Waals surface area (Å²) in [7, 11) is 1.77. The van der Waals surface area contributed by atoms with E-state index in [1.165, 1.54) is 0 Å². The average molecular weight is 283 g/mol. The highest BCUT2D eigenvalue weighted by molar-refractivity contribution is 5.75. The van der Waals surface area contributed by atoms with Gasteiger partial charge in [0.2, 0.25) is 5.91 Å². The Morgan fingerprint density at radius 2 is 2.14 bits per heavy atom. The fraction of sp³-hybridized carbons (Fsp3) is 0.250. The van der Waals surface area contributed by atoms with Crippen LogP contribution in [0.1, 0.15) is 11.1 Å². The number of aliphatic hydroxyl groups is 1. The van der Waals surface area contributed by atoms with Crippen molar-refractivity contribution in [3.63, 3.8) is 0 Å². The summed E-state index contributed by atoms with van der Waals surface area (Å²) < 4.78 is 1.60. The molecule has 5 nitrogen and oxygen atoms in total. The van der Waals surface area contributed by atoms with Crippen LogP contribution in [0, 0.1) is 11.8 Å². The van der Waals surface area contributed by atoms with E-state index in [4.69, 9.17) is 5.11 Å². The van der Waals surface area contributed by atoms with E-state index in [-0.39, 0.29) is 19.1 Å². The minimum absolute atomic E-state index is 0.00264. The Labute approximate surface area is 123 Å². The molecule has 1 aromatic carbocycles. The van der Waals surface area contributed by atoms with Gasteiger partial charge in [-0.2, -0.15) is 5.10 Å². The summed E-state index contributed by atoms with van der Waals surface area (Å²) in [5.74, 6) is 5.44. The first-order valence-corrected chi connectivity index (χ1v) is 6.59. The van der Waals surface area contributed by atoms with Crippen LogP contribution in [0.2, 0.25) is 0 Å². The molecule has 0 radical (unpaired) electrons. The van der Waals surface area contributed by atoms with Gasteiger partial charge in [0.25, 0.3) is 0 Å². The number of carbonyl (C=O) groups excluding carboxylic acids is 1. The van der Waals surface area contributed by atoms with Crippen LogP contribution in [-0.2, 0) is 17.9 Å². The molecule has 5 heteroatoms. The molecule has 108 valence electrons. The molecule has 2 aromatic rings. The van der Waals surface area contributed by atoms with Crippen molar-refractivity contribution >= 4 is 5.91 Å². The molecular formula is C16H17N3O2. The lowest BCUT2D eigenvalue weighted by molar-refractivity contribution is -0.131. The number of hydrogen-bond acceptors (Lipinski definition) is 3. The van der Waals surface area contributed by atoms with Crippen LogP contribution in [-0.4, -0.2) is 39.3 Å². The first-order valence-electron chi connectivity index (χ1n) is 6.59. The Hall–Kier alpha value is -2.58. The van der Waals surface area contributed by atoms with Gasteiger partial charge in [0.05, 0.1) is 0 Å². The number of aromatic nitrogens is 2. The third-order valence-corrected chi connectivity index (χ3v) is 2.97. The summed E-state index contributed by atoms with van der Waals surface area (Å²) >= 11 is 0. The number of hydrogen-bond donors (Lipinski definition) is 1. The van der Waals surface area contributed by atoms with Crippen molar-refractivity contribution in [1.82, 2.24) is 14.7 Å². The lowest BCUT2D eigenvalue weighted by atomic mass is 10.1. The van der Waals surface area contributed by atoms with Gasteiger partial charge in [-0.1, -0.05) is 24.0 Å². The molecule has 0 aliphatic rings. The zero-order valence-electron chi connectivity index (χ0n) is 11.9. The fourth-order valence-electron chi connectivity index (χ4n) is 1.85. The van der Waals surface area contributed by atoms with E-state index < -0.39 is 0 Å². The topological polar surface area (TPSA) is 58.4 Å². The normalized spacial score (nSPS) is 9.81. The first-order chi connectivity index (χ1) is 10.2. The van der Waals surface area contributed by atoms with E-state index in [1.54, 1.807) is 35.1 Å². The summed E-state index contributed by atoms with van der Waals surface area (Å²) in [4.78, 5) is 13.7. The number of rotatable bonds is 4. The second-order valence-electron chi connectivity index (χ2n) is 4.61. The van der Waals surface area contributed by atoms with Crippen molar-refractivity contribution in [1.29, 1.82) is 0 Å². The molecule has 1 aromatic heterocycles. The first kappa shape index (κ1) is 14.8. The maximum atomic E-state index is 12.0. The second-order valence-corrected chi connectivity index (χ2v) is 4.61. The smallest absolute Gasteiger partial charge is 0.244 e. The van der Waals surface area contributed by atoms with E-state index in [9.17, 15) is 4.79 Å². The van der Waals surface area contributed by atoms with Crippen LogP contribution in [0.3, 0.4) is 0 Å². The number of amides is 1. The molecule has 1 amide bonds. The monoisotopic (exact) mass is 283 g/mol. The number of likely N-dealkylation sites (N-methyl/N-ethyl adjacent to an activating group) is 1. The highest BCUT2D eigenvalue weighted by Gasteiger charge is 2.10. The zero-order valence-corrected chi connectivity index (χ0v) is 11.9. The van der Waals surface area contributed by atoms with Gasteiger partial charge in [-0.3, -0.25) is 9.48 Å². The lowest BCUT2D eigenvalue weighted by Gasteiger charge is -2.17. The van der Waals surface area contributed by atoms with Crippen molar-refractivity contribution in [2.45, 2.75) is 13.1 Å². The van der Waals surface area contributed by atoms with Crippen LogP contribution in [0.5, 0.6) is 0 Å². The van der Waals surface area contributed by atoms with Crippen molar-refractivity contribution < 1.29 is 9.90 Å². The van der Waals surface area contributed by atoms with Gasteiger partial charge in [0.15, 0.2) is 0 Å². The molecule has 0 saturated carbocycles. The predicted molar refractivity (Wildman–Crippen MR) is 79.1 cm³/mol. The summed E-state index contributed by atoms with van der Waals surface area (Å²) in [6, 6.07) is 9.41. The number of carbonyl (C=O) groups is 1. The Kier molecular flexibility index (Phi) is 5.13. The van der Waals surface area contributed by atoms with Crippen molar-refractivity contribution in [3.8, 4) is 11.8 Å². The molecule has 0 bridgehead atoms. The number of benzene rings is 1. The molecule has 0 spiro atoms. The van der Waals surface area contributed by atoms with Crippen molar-refractivity contribution in [2.75, 3.05) is 13.7 Å². The Morgan fingerprint density at radius 1 is 1.38 bits per heavy atom. The molecule has 21 heavy (non-hydrogen) atoms. The Balaban J connectivity index is 1.92. The second kappa shape index (κ2) is 7.27. The molecule has 0 unspecified atom stereocenters. The number of aliphatic hydroxyl groups excluding tert-OH is 1. The molecular weight excluding hydrogens is 266 g/mol. The SMILES string of the molecule is CN(Cc1ccc(C#CCO)cc1)C(=O)Cn1cccn1. The van der Waals surface area contributed by atoms with Gasteiger partial charge in [0, 0.05) is 31.5 Å². The molecule has 0 fully saturated rings. The van der Waals surface area contributed by atoms with Gasteiger partial charge < -0.3 is 10.0 Å². The average Bonchev–Trinajstić information content (AvgIpc) is 2.99. The highest BCUT2D eigenvalue weighted by Crippen LogP contribution is 2.06.